The SMILES string of the molecule is O=c1c2cc(F)c3c4c(F)cc5c(=O)n6c7cc8ccccc8cc7nc6c6cc(F)c(c7c(F)cc(c2c37)c2nc3cc7ccccc7cc3n12)c4c56. The first-order valence-electron chi connectivity index (χ1n) is 17.2. The predicted octanol–water partition coefficient (Wildman–Crippen LogP) is 10.1. The van der Waals surface area contributed by atoms with Gasteiger partial charge in [-0.25, -0.2) is 27.5 Å². The lowest BCUT2D eigenvalue weighted by molar-refractivity contribution is 0.630. The Hall–Kier alpha value is -7.20. The summed E-state index contributed by atoms with van der Waals surface area (Å²) in [5.41, 5.74) is 0.921. The van der Waals surface area contributed by atoms with Crippen molar-refractivity contribution in [1.29, 1.82) is 0 Å². The smallest absolute Gasteiger partial charge is 0.264 e. The zero-order valence-electron chi connectivity index (χ0n) is 27.4. The van der Waals surface area contributed by atoms with E-state index in [1.165, 1.54) is 20.9 Å². The van der Waals surface area contributed by atoms with Crippen LogP contribution in [-0.2, 0) is 0 Å². The van der Waals surface area contributed by atoms with Gasteiger partial charge < -0.3 is 0 Å². The second-order valence-electron chi connectivity index (χ2n) is 14.2. The van der Waals surface area contributed by atoms with Gasteiger partial charge in [0.15, 0.2) is 0 Å². The van der Waals surface area contributed by atoms with E-state index in [0.717, 1.165) is 33.7 Å². The second kappa shape index (κ2) is 9.05. The summed E-state index contributed by atoms with van der Waals surface area (Å²) in [5.74, 6) is -3.82. The van der Waals surface area contributed by atoms with E-state index in [2.05, 4.69) is 0 Å². The van der Waals surface area contributed by atoms with Gasteiger partial charge in [-0.2, -0.15) is 0 Å². The van der Waals surface area contributed by atoms with Gasteiger partial charge in [0.25, 0.3) is 11.1 Å². The molecule has 0 spiro atoms. The Kier molecular flexibility index (Phi) is 4.76. The minimum absolute atomic E-state index is 0.0893. The van der Waals surface area contributed by atoms with Gasteiger partial charge in [0.2, 0.25) is 0 Å². The molecule has 0 fully saturated rings. The summed E-state index contributed by atoms with van der Waals surface area (Å²) in [4.78, 5) is 38.2. The average Bonchev–Trinajstić information content (AvgIpc) is 3.73. The fourth-order valence-corrected chi connectivity index (χ4v) is 9.35. The number of fused-ring (bicyclic) bond motifs is 12. The Morgan fingerprint density at radius 3 is 1.09 bits per heavy atom. The average molecular weight is 709 g/mol. The van der Waals surface area contributed by atoms with E-state index in [4.69, 9.17) is 9.97 Å². The lowest BCUT2D eigenvalue weighted by Crippen LogP contribution is -2.15. The van der Waals surface area contributed by atoms with Crippen LogP contribution in [0.15, 0.2) is 107 Å². The van der Waals surface area contributed by atoms with Crippen molar-refractivity contribution >= 4 is 120 Å². The number of halogens is 4. The van der Waals surface area contributed by atoms with Crippen molar-refractivity contribution in [2.45, 2.75) is 0 Å². The minimum atomic E-state index is -0.992. The van der Waals surface area contributed by atoms with Crippen LogP contribution in [0.25, 0.3) is 120 Å². The molecule has 9 aromatic carbocycles. The number of rotatable bonds is 0. The van der Waals surface area contributed by atoms with Crippen molar-refractivity contribution < 1.29 is 17.6 Å². The fraction of sp³-hybridized carbons (Fsp3) is 0. The molecule has 0 bridgehead atoms. The number of hydrogen-bond donors (Lipinski definition) is 0. The summed E-state index contributed by atoms with van der Waals surface area (Å²) in [6.07, 6.45) is 0. The monoisotopic (exact) mass is 708 g/mol. The Labute approximate surface area is 296 Å². The standard InChI is InChI=1S/C44H16F4N4O2/c45-25-13-21-33-23(43(53)51-31-11-19-7-3-1-5-17(19)9-29(31)49-41(21)51)15-27(47)37-38-28(48)16-24-34-22(14-26(46)36(40(34)38)35(25)39(33)37)42-50-30-10-18-6-2-4-8-20(18)12-32(30)52(42)44(24)54/h1-16H. The Morgan fingerprint density at radius 2 is 0.722 bits per heavy atom. The largest absolute Gasteiger partial charge is 0.268 e. The zero-order valence-corrected chi connectivity index (χ0v) is 27.4. The molecule has 0 aliphatic heterocycles. The highest BCUT2D eigenvalue weighted by Crippen LogP contribution is 2.49. The second-order valence-corrected chi connectivity index (χ2v) is 14.2. The van der Waals surface area contributed by atoms with Crippen molar-refractivity contribution in [3.8, 4) is 0 Å². The van der Waals surface area contributed by atoms with E-state index in [0.29, 0.717) is 22.1 Å². The number of imidazole rings is 2. The van der Waals surface area contributed by atoms with Gasteiger partial charge in [0, 0.05) is 53.9 Å². The summed E-state index contributed by atoms with van der Waals surface area (Å²) in [6, 6.07) is 26.8. The molecule has 252 valence electrons. The van der Waals surface area contributed by atoms with Gasteiger partial charge in [-0.3, -0.25) is 18.4 Å². The van der Waals surface area contributed by atoms with Gasteiger partial charge in [-0.05, 0) is 70.1 Å². The summed E-state index contributed by atoms with van der Waals surface area (Å²) < 4.78 is 70.2. The summed E-state index contributed by atoms with van der Waals surface area (Å²) >= 11 is 0. The number of pyridine rings is 2. The van der Waals surface area contributed by atoms with E-state index >= 15 is 17.6 Å². The molecular formula is C44H16F4N4O2. The van der Waals surface area contributed by atoms with Crippen molar-refractivity contribution in [2.24, 2.45) is 0 Å². The summed E-state index contributed by atoms with van der Waals surface area (Å²) in [5, 5.41) is 2.38. The molecule has 10 heteroatoms. The van der Waals surface area contributed by atoms with Gasteiger partial charge in [0.1, 0.15) is 34.6 Å². The normalized spacial score (nSPS) is 13.0. The van der Waals surface area contributed by atoms with Crippen LogP contribution in [0, 0.1) is 23.3 Å². The maximum absolute atomic E-state index is 16.9. The van der Waals surface area contributed by atoms with Gasteiger partial charge in [-0.1, -0.05) is 48.5 Å². The summed E-state index contributed by atoms with van der Waals surface area (Å²) in [7, 11) is 0. The first kappa shape index (κ1) is 28.4. The van der Waals surface area contributed by atoms with Crippen molar-refractivity contribution in [3.05, 3.63) is 141 Å². The maximum atomic E-state index is 16.9. The van der Waals surface area contributed by atoms with E-state index in [9.17, 15) is 9.59 Å². The van der Waals surface area contributed by atoms with Crippen LogP contribution >= 0.6 is 0 Å². The van der Waals surface area contributed by atoms with Gasteiger partial charge in [0.05, 0.1) is 32.8 Å². The lowest BCUT2D eigenvalue weighted by atomic mass is 9.85. The van der Waals surface area contributed by atoms with Crippen LogP contribution in [0.2, 0.25) is 0 Å². The molecule has 0 saturated carbocycles. The summed E-state index contributed by atoms with van der Waals surface area (Å²) in [6.45, 7) is 0. The minimum Gasteiger partial charge on any atom is -0.268 e. The number of aromatic nitrogens is 4. The van der Waals surface area contributed by atoms with Crippen molar-refractivity contribution in [3.63, 3.8) is 0 Å². The van der Waals surface area contributed by atoms with Crippen LogP contribution < -0.4 is 11.1 Å². The number of benzene rings is 9. The zero-order chi connectivity index (χ0) is 36.0. The molecule has 6 nitrogen and oxygen atoms in total. The fourth-order valence-electron chi connectivity index (χ4n) is 9.35. The molecule has 4 aromatic heterocycles. The highest BCUT2D eigenvalue weighted by molar-refractivity contribution is 6.41. The first-order valence-corrected chi connectivity index (χ1v) is 17.2. The maximum Gasteiger partial charge on any atom is 0.264 e. The molecule has 13 aromatic rings. The van der Waals surface area contributed by atoms with Gasteiger partial charge in [-0.15, -0.1) is 0 Å². The molecule has 4 heterocycles. The molecular weight excluding hydrogens is 693 g/mol. The van der Waals surface area contributed by atoms with Crippen LogP contribution in [0.3, 0.4) is 0 Å². The molecule has 13 rings (SSSR count). The number of hydrogen-bond acceptors (Lipinski definition) is 4. The van der Waals surface area contributed by atoms with E-state index in [1.807, 2.05) is 60.7 Å². The molecule has 0 radical (unpaired) electrons. The molecule has 0 amide bonds. The van der Waals surface area contributed by atoms with Crippen LogP contribution in [-0.4, -0.2) is 18.8 Å². The van der Waals surface area contributed by atoms with E-state index in [1.54, 1.807) is 12.1 Å². The Bertz CT molecular complexity index is 3780. The highest BCUT2D eigenvalue weighted by Gasteiger charge is 2.30. The Morgan fingerprint density at radius 1 is 0.389 bits per heavy atom. The Balaban J connectivity index is 1.27. The third kappa shape index (κ3) is 3.09. The predicted molar refractivity (Wildman–Crippen MR) is 205 cm³/mol. The third-order valence-electron chi connectivity index (χ3n) is 11.5. The van der Waals surface area contributed by atoms with E-state index in [-0.39, 0.29) is 75.9 Å². The lowest BCUT2D eigenvalue weighted by Gasteiger charge is -2.20. The quantitative estimate of drug-likeness (QED) is 0.0894. The van der Waals surface area contributed by atoms with Crippen LogP contribution in [0.5, 0.6) is 0 Å². The molecule has 54 heavy (non-hydrogen) atoms. The highest BCUT2D eigenvalue weighted by atomic mass is 19.1. The van der Waals surface area contributed by atoms with Crippen LogP contribution in [0.4, 0.5) is 17.6 Å². The molecule has 0 atom stereocenters. The number of nitrogens with zero attached hydrogens (tertiary/aromatic N) is 4. The third-order valence-corrected chi connectivity index (χ3v) is 11.5. The molecule has 0 aliphatic carbocycles. The van der Waals surface area contributed by atoms with Gasteiger partial charge >= 0.3 is 0 Å². The topological polar surface area (TPSA) is 68.7 Å². The van der Waals surface area contributed by atoms with Crippen molar-refractivity contribution in [2.75, 3.05) is 0 Å². The van der Waals surface area contributed by atoms with Crippen LogP contribution in [0.1, 0.15) is 0 Å². The molecule has 0 N–H and O–H groups in total. The molecule has 0 saturated heterocycles. The molecule has 0 unspecified atom stereocenters. The molecule has 0 aliphatic rings. The van der Waals surface area contributed by atoms with E-state index < -0.39 is 34.4 Å². The first-order chi connectivity index (χ1) is 26.3. The van der Waals surface area contributed by atoms with Crippen molar-refractivity contribution in [1.82, 2.24) is 18.8 Å².